The van der Waals surface area contributed by atoms with Crippen molar-refractivity contribution in [1.82, 2.24) is 0 Å². The molecular formula is C12H16ClNO4. The predicted molar refractivity (Wildman–Crippen MR) is 70.3 cm³/mol. The highest BCUT2D eigenvalue weighted by Crippen LogP contribution is 2.16. The average molecular weight is 274 g/mol. The molecule has 0 saturated heterocycles. The van der Waals surface area contributed by atoms with E-state index in [2.05, 4.69) is 6.92 Å². The van der Waals surface area contributed by atoms with Crippen molar-refractivity contribution in [2.75, 3.05) is 5.88 Å². The summed E-state index contributed by atoms with van der Waals surface area (Å²) in [5, 5.41) is 18.8. The van der Waals surface area contributed by atoms with E-state index in [1.165, 1.54) is 37.5 Å². The van der Waals surface area contributed by atoms with Gasteiger partial charge in [-0.25, -0.2) is 4.79 Å². The standard InChI is InChI=1S/C7H5NO4.C5H11Cl/c9-7(10)5-3-1-2-4-6(5)8(11)12;1-2-3-4-5-6/h1-4H,(H,9,10);2-5H2,1H3. The normalized spacial score (nSPS) is 9.22. The number of unbranched alkanes of at least 4 members (excludes halogenated alkanes) is 2. The highest BCUT2D eigenvalue weighted by atomic mass is 35.5. The molecule has 0 aromatic heterocycles. The number of carboxylic acids is 1. The number of nitrogens with zero attached hydrogens (tertiary/aromatic N) is 1. The Labute approximate surface area is 111 Å². The summed E-state index contributed by atoms with van der Waals surface area (Å²) < 4.78 is 0. The molecule has 0 aliphatic heterocycles. The van der Waals surface area contributed by atoms with Gasteiger partial charge in [0.1, 0.15) is 5.56 Å². The van der Waals surface area contributed by atoms with Crippen LogP contribution in [0.2, 0.25) is 0 Å². The SMILES string of the molecule is CCCCCCl.O=C(O)c1ccccc1[N+](=O)[O-]. The van der Waals surface area contributed by atoms with Crippen LogP contribution in [0.15, 0.2) is 24.3 Å². The van der Waals surface area contributed by atoms with Gasteiger partial charge >= 0.3 is 5.97 Å². The molecule has 0 unspecified atom stereocenters. The predicted octanol–water partition coefficient (Wildman–Crippen LogP) is 3.71. The van der Waals surface area contributed by atoms with E-state index in [1.807, 2.05) is 0 Å². The maximum absolute atomic E-state index is 10.4. The first-order valence-electron chi connectivity index (χ1n) is 5.57. The van der Waals surface area contributed by atoms with Gasteiger partial charge in [-0.3, -0.25) is 10.1 Å². The van der Waals surface area contributed by atoms with Gasteiger partial charge in [0.05, 0.1) is 4.92 Å². The highest BCUT2D eigenvalue weighted by molar-refractivity contribution is 6.17. The summed E-state index contributed by atoms with van der Waals surface area (Å²) in [7, 11) is 0. The molecule has 0 bridgehead atoms. The number of carbonyl (C=O) groups is 1. The summed E-state index contributed by atoms with van der Waals surface area (Å²) >= 11 is 5.38. The molecule has 1 aromatic rings. The lowest BCUT2D eigenvalue weighted by Gasteiger charge is -1.94. The van der Waals surface area contributed by atoms with Crippen LogP contribution < -0.4 is 0 Å². The average Bonchev–Trinajstić information content (AvgIpc) is 2.37. The third-order valence-corrected chi connectivity index (χ3v) is 2.34. The number of para-hydroxylation sites is 1. The van der Waals surface area contributed by atoms with Gasteiger partial charge in [0.2, 0.25) is 0 Å². The molecule has 1 N–H and O–H groups in total. The molecule has 18 heavy (non-hydrogen) atoms. The van der Waals surface area contributed by atoms with E-state index in [1.54, 1.807) is 0 Å². The van der Waals surface area contributed by atoms with E-state index < -0.39 is 10.9 Å². The fraction of sp³-hybridized carbons (Fsp3) is 0.417. The first-order valence-corrected chi connectivity index (χ1v) is 6.10. The molecule has 0 amide bonds. The van der Waals surface area contributed by atoms with Gasteiger partial charge in [0.25, 0.3) is 5.69 Å². The molecule has 0 spiro atoms. The second-order valence-corrected chi connectivity index (χ2v) is 3.85. The van der Waals surface area contributed by atoms with Gasteiger partial charge in [-0.1, -0.05) is 31.9 Å². The van der Waals surface area contributed by atoms with Crippen LogP contribution >= 0.6 is 11.6 Å². The van der Waals surface area contributed by atoms with E-state index in [0.717, 1.165) is 11.9 Å². The number of nitro groups is 1. The molecule has 0 heterocycles. The second-order valence-electron chi connectivity index (χ2n) is 3.48. The Balaban J connectivity index is 0.000000411. The largest absolute Gasteiger partial charge is 0.477 e. The van der Waals surface area contributed by atoms with Crippen LogP contribution in [0.1, 0.15) is 36.5 Å². The maximum Gasteiger partial charge on any atom is 0.342 e. The number of halogens is 1. The lowest BCUT2D eigenvalue weighted by atomic mass is 10.2. The van der Waals surface area contributed by atoms with Crippen LogP contribution in [-0.2, 0) is 0 Å². The summed E-state index contributed by atoms with van der Waals surface area (Å²) in [5.74, 6) is -0.462. The lowest BCUT2D eigenvalue weighted by Crippen LogP contribution is -2.01. The molecule has 5 nitrogen and oxygen atoms in total. The van der Waals surface area contributed by atoms with Crippen molar-refractivity contribution in [3.63, 3.8) is 0 Å². The molecule has 1 rings (SSSR count). The fourth-order valence-electron chi connectivity index (χ4n) is 1.16. The molecule has 6 heteroatoms. The Morgan fingerprint density at radius 1 is 1.39 bits per heavy atom. The first kappa shape index (κ1) is 16.4. The van der Waals surface area contributed by atoms with E-state index >= 15 is 0 Å². The Kier molecular flexibility index (Phi) is 8.57. The van der Waals surface area contributed by atoms with Crippen molar-refractivity contribution in [3.05, 3.63) is 39.9 Å². The number of nitro benzene ring substituents is 1. The summed E-state index contributed by atoms with van der Waals surface area (Å²) in [6.07, 6.45) is 3.73. The number of hydrogen-bond acceptors (Lipinski definition) is 3. The topological polar surface area (TPSA) is 80.4 Å². The van der Waals surface area contributed by atoms with Gasteiger partial charge in [-0.15, -0.1) is 11.6 Å². The van der Waals surface area contributed by atoms with E-state index in [-0.39, 0.29) is 11.3 Å². The van der Waals surface area contributed by atoms with E-state index in [0.29, 0.717) is 0 Å². The molecule has 0 atom stereocenters. The van der Waals surface area contributed by atoms with Crippen molar-refractivity contribution in [2.24, 2.45) is 0 Å². The zero-order valence-corrected chi connectivity index (χ0v) is 10.9. The third-order valence-electron chi connectivity index (χ3n) is 2.07. The Morgan fingerprint density at radius 2 is 2.00 bits per heavy atom. The van der Waals surface area contributed by atoms with Crippen LogP contribution in [0, 0.1) is 10.1 Å². The number of carboxylic acid groups (broad SMARTS) is 1. The van der Waals surface area contributed by atoms with Gasteiger partial charge < -0.3 is 5.11 Å². The minimum Gasteiger partial charge on any atom is -0.477 e. The van der Waals surface area contributed by atoms with Crippen LogP contribution in [-0.4, -0.2) is 21.9 Å². The molecular weight excluding hydrogens is 258 g/mol. The van der Waals surface area contributed by atoms with E-state index in [4.69, 9.17) is 16.7 Å². The molecule has 0 fully saturated rings. The van der Waals surface area contributed by atoms with Gasteiger partial charge in [-0.2, -0.15) is 0 Å². The maximum atomic E-state index is 10.4. The monoisotopic (exact) mass is 273 g/mol. The Hall–Kier alpha value is -1.62. The zero-order chi connectivity index (χ0) is 14.0. The summed E-state index contributed by atoms with van der Waals surface area (Å²) in [6, 6.07) is 5.21. The number of alkyl halides is 1. The Morgan fingerprint density at radius 3 is 2.33 bits per heavy atom. The van der Waals surface area contributed by atoms with Crippen molar-refractivity contribution in [2.45, 2.75) is 26.2 Å². The smallest absolute Gasteiger partial charge is 0.342 e. The summed E-state index contributed by atoms with van der Waals surface area (Å²) in [5.41, 5.74) is -0.674. The van der Waals surface area contributed by atoms with Crippen LogP contribution in [0.3, 0.4) is 0 Å². The Bertz CT molecular complexity index is 358. The number of rotatable bonds is 5. The molecule has 0 saturated carbocycles. The van der Waals surface area contributed by atoms with Crippen LogP contribution in [0.5, 0.6) is 0 Å². The van der Waals surface area contributed by atoms with Crippen LogP contribution in [0.4, 0.5) is 5.69 Å². The number of hydrogen-bond donors (Lipinski definition) is 1. The van der Waals surface area contributed by atoms with Crippen LogP contribution in [0.25, 0.3) is 0 Å². The molecule has 0 aliphatic rings. The number of aromatic carboxylic acids is 1. The molecule has 0 aliphatic carbocycles. The molecule has 0 radical (unpaired) electrons. The second kappa shape index (κ2) is 9.41. The first-order chi connectivity index (χ1) is 8.54. The van der Waals surface area contributed by atoms with Crippen molar-refractivity contribution >= 4 is 23.3 Å². The lowest BCUT2D eigenvalue weighted by molar-refractivity contribution is -0.385. The third kappa shape index (κ3) is 6.20. The minimum atomic E-state index is -1.29. The van der Waals surface area contributed by atoms with Crippen molar-refractivity contribution < 1.29 is 14.8 Å². The zero-order valence-electron chi connectivity index (χ0n) is 10.1. The number of benzene rings is 1. The molecule has 100 valence electrons. The highest BCUT2D eigenvalue weighted by Gasteiger charge is 2.17. The minimum absolute atomic E-state index is 0.289. The van der Waals surface area contributed by atoms with Crippen molar-refractivity contribution in [1.29, 1.82) is 0 Å². The molecule has 1 aromatic carbocycles. The van der Waals surface area contributed by atoms with Gasteiger partial charge in [0.15, 0.2) is 0 Å². The quantitative estimate of drug-likeness (QED) is 0.384. The summed E-state index contributed by atoms with van der Waals surface area (Å²) in [4.78, 5) is 20.0. The van der Waals surface area contributed by atoms with Gasteiger partial charge in [0, 0.05) is 11.9 Å². The van der Waals surface area contributed by atoms with E-state index in [9.17, 15) is 14.9 Å². The summed E-state index contributed by atoms with van der Waals surface area (Å²) in [6.45, 7) is 2.17. The van der Waals surface area contributed by atoms with Gasteiger partial charge in [-0.05, 0) is 12.5 Å². The fourth-order valence-corrected chi connectivity index (χ4v) is 1.35. The van der Waals surface area contributed by atoms with Crippen molar-refractivity contribution in [3.8, 4) is 0 Å².